The van der Waals surface area contributed by atoms with Crippen LogP contribution in [-0.4, -0.2) is 26.4 Å². The Morgan fingerprint density at radius 1 is 1.73 bits per heavy atom. The second-order valence-electron chi connectivity index (χ2n) is 2.16. The minimum Gasteiger partial charge on any atom is -0.399 e. The Morgan fingerprint density at radius 2 is 2.55 bits per heavy atom. The SMILES string of the molecule is CON=CC1=CCCNC1.Cl. The van der Waals surface area contributed by atoms with Crippen LogP contribution in [-0.2, 0) is 4.84 Å². The smallest absolute Gasteiger partial charge is 0.106 e. The highest BCUT2D eigenvalue weighted by Gasteiger charge is 1.98. The highest BCUT2D eigenvalue weighted by Crippen LogP contribution is 1.97. The summed E-state index contributed by atoms with van der Waals surface area (Å²) in [5.74, 6) is 0. The molecule has 0 aromatic carbocycles. The number of halogens is 1. The van der Waals surface area contributed by atoms with Gasteiger partial charge >= 0.3 is 0 Å². The summed E-state index contributed by atoms with van der Waals surface area (Å²) in [4.78, 5) is 4.55. The predicted molar refractivity (Wildman–Crippen MR) is 48.3 cm³/mol. The van der Waals surface area contributed by atoms with Crippen LogP contribution in [0.1, 0.15) is 6.42 Å². The summed E-state index contributed by atoms with van der Waals surface area (Å²) in [7, 11) is 1.55. The van der Waals surface area contributed by atoms with Crippen molar-refractivity contribution in [2.24, 2.45) is 5.16 Å². The molecule has 1 aliphatic heterocycles. The Bertz CT molecular complexity index is 157. The molecule has 11 heavy (non-hydrogen) atoms. The first-order valence-corrected chi connectivity index (χ1v) is 3.40. The summed E-state index contributed by atoms with van der Waals surface area (Å²) < 4.78 is 0. The maximum Gasteiger partial charge on any atom is 0.106 e. The maximum absolute atomic E-state index is 4.55. The zero-order chi connectivity index (χ0) is 7.23. The van der Waals surface area contributed by atoms with E-state index in [-0.39, 0.29) is 12.4 Å². The predicted octanol–water partition coefficient (Wildman–Crippen LogP) is 0.960. The standard InChI is InChI=1S/C7H12N2O.ClH/c1-10-9-6-7-3-2-4-8-5-7;/h3,6,8H,2,4-5H2,1H3;1H. The lowest BCUT2D eigenvalue weighted by Crippen LogP contribution is -2.22. The van der Waals surface area contributed by atoms with Crippen molar-refractivity contribution in [2.45, 2.75) is 6.42 Å². The van der Waals surface area contributed by atoms with E-state index in [0.29, 0.717) is 0 Å². The van der Waals surface area contributed by atoms with Crippen molar-refractivity contribution in [1.82, 2.24) is 5.32 Å². The molecule has 64 valence electrons. The van der Waals surface area contributed by atoms with E-state index in [0.717, 1.165) is 19.5 Å². The van der Waals surface area contributed by atoms with E-state index in [4.69, 9.17) is 0 Å². The second kappa shape index (κ2) is 6.19. The van der Waals surface area contributed by atoms with Crippen molar-refractivity contribution in [3.05, 3.63) is 11.6 Å². The average Bonchev–Trinajstić information content (AvgIpc) is 2.03. The summed E-state index contributed by atoms with van der Waals surface area (Å²) >= 11 is 0. The van der Waals surface area contributed by atoms with Crippen molar-refractivity contribution in [3.8, 4) is 0 Å². The fraction of sp³-hybridized carbons (Fsp3) is 0.571. The molecule has 0 unspecified atom stereocenters. The minimum atomic E-state index is 0. The molecule has 1 aliphatic rings. The van der Waals surface area contributed by atoms with Crippen LogP contribution in [0.3, 0.4) is 0 Å². The third-order valence-corrected chi connectivity index (χ3v) is 1.38. The van der Waals surface area contributed by atoms with Gasteiger partial charge < -0.3 is 10.2 Å². The third kappa shape index (κ3) is 4.01. The van der Waals surface area contributed by atoms with Gasteiger partial charge in [0.15, 0.2) is 0 Å². The van der Waals surface area contributed by atoms with Gasteiger partial charge in [-0.25, -0.2) is 0 Å². The number of hydrogen-bond donors (Lipinski definition) is 1. The average molecular weight is 177 g/mol. The number of oxime groups is 1. The summed E-state index contributed by atoms with van der Waals surface area (Å²) in [6.45, 7) is 1.98. The van der Waals surface area contributed by atoms with Crippen LogP contribution in [0.2, 0.25) is 0 Å². The van der Waals surface area contributed by atoms with Gasteiger partial charge in [-0.3, -0.25) is 0 Å². The molecule has 0 saturated heterocycles. The first kappa shape index (κ1) is 10.5. The van der Waals surface area contributed by atoms with E-state index < -0.39 is 0 Å². The molecule has 0 aliphatic carbocycles. The zero-order valence-electron chi connectivity index (χ0n) is 6.54. The molecule has 0 aromatic rings. The Labute approximate surface area is 72.9 Å². The Kier molecular flexibility index (Phi) is 5.88. The van der Waals surface area contributed by atoms with E-state index in [1.54, 1.807) is 13.3 Å². The molecular weight excluding hydrogens is 164 g/mol. The van der Waals surface area contributed by atoms with E-state index in [1.165, 1.54) is 5.57 Å². The van der Waals surface area contributed by atoms with E-state index in [9.17, 15) is 0 Å². The van der Waals surface area contributed by atoms with Gasteiger partial charge in [0.1, 0.15) is 7.11 Å². The van der Waals surface area contributed by atoms with Crippen LogP contribution in [0.4, 0.5) is 0 Å². The second-order valence-corrected chi connectivity index (χ2v) is 2.16. The minimum absolute atomic E-state index is 0. The van der Waals surface area contributed by atoms with Gasteiger partial charge in [0.05, 0.1) is 6.21 Å². The van der Waals surface area contributed by atoms with Crippen LogP contribution >= 0.6 is 12.4 Å². The lowest BCUT2D eigenvalue weighted by molar-refractivity contribution is 0.215. The van der Waals surface area contributed by atoms with Gasteiger partial charge in [-0.05, 0) is 18.5 Å². The highest BCUT2D eigenvalue weighted by molar-refractivity contribution is 5.85. The van der Waals surface area contributed by atoms with Crippen LogP contribution in [0, 0.1) is 0 Å². The van der Waals surface area contributed by atoms with Crippen molar-refractivity contribution in [2.75, 3.05) is 20.2 Å². The molecule has 0 spiro atoms. The molecule has 0 saturated carbocycles. The molecule has 0 bridgehead atoms. The normalized spacial score (nSPS) is 17.4. The first-order valence-electron chi connectivity index (χ1n) is 3.40. The van der Waals surface area contributed by atoms with E-state index >= 15 is 0 Å². The summed E-state index contributed by atoms with van der Waals surface area (Å²) in [5, 5.41) is 6.89. The van der Waals surface area contributed by atoms with Crippen LogP contribution < -0.4 is 5.32 Å². The molecular formula is C7H13ClN2O. The summed E-state index contributed by atoms with van der Waals surface area (Å²) in [6.07, 6.45) is 5.00. The Morgan fingerprint density at radius 3 is 3.09 bits per heavy atom. The van der Waals surface area contributed by atoms with Crippen LogP contribution in [0.5, 0.6) is 0 Å². The number of nitrogens with one attached hydrogen (secondary N) is 1. The Hall–Kier alpha value is -0.540. The molecule has 1 heterocycles. The van der Waals surface area contributed by atoms with E-state index in [2.05, 4.69) is 21.4 Å². The van der Waals surface area contributed by atoms with E-state index in [1.807, 2.05) is 0 Å². The fourth-order valence-electron chi connectivity index (χ4n) is 0.883. The largest absolute Gasteiger partial charge is 0.399 e. The van der Waals surface area contributed by atoms with Gasteiger partial charge in [-0.15, -0.1) is 12.4 Å². The molecule has 0 radical (unpaired) electrons. The molecule has 1 N–H and O–H groups in total. The van der Waals surface area contributed by atoms with Crippen molar-refractivity contribution in [1.29, 1.82) is 0 Å². The molecule has 3 nitrogen and oxygen atoms in total. The van der Waals surface area contributed by atoms with Gasteiger partial charge in [0.2, 0.25) is 0 Å². The third-order valence-electron chi connectivity index (χ3n) is 1.38. The maximum atomic E-state index is 4.55. The first-order chi connectivity index (χ1) is 4.93. The monoisotopic (exact) mass is 176 g/mol. The fourth-order valence-corrected chi connectivity index (χ4v) is 0.883. The molecule has 0 aromatic heterocycles. The summed E-state index contributed by atoms with van der Waals surface area (Å²) in [5.41, 5.74) is 1.20. The van der Waals surface area contributed by atoms with Crippen molar-refractivity contribution < 1.29 is 4.84 Å². The quantitative estimate of drug-likeness (QED) is 0.502. The zero-order valence-corrected chi connectivity index (χ0v) is 7.36. The molecule has 0 fully saturated rings. The number of nitrogens with zero attached hydrogens (tertiary/aromatic N) is 1. The van der Waals surface area contributed by atoms with Gasteiger partial charge in [0.25, 0.3) is 0 Å². The van der Waals surface area contributed by atoms with Crippen molar-refractivity contribution in [3.63, 3.8) is 0 Å². The van der Waals surface area contributed by atoms with Crippen molar-refractivity contribution >= 4 is 18.6 Å². The molecule has 0 atom stereocenters. The number of rotatable bonds is 2. The molecule has 4 heteroatoms. The lowest BCUT2D eigenvalue weighted by Gasteiger charge is -2.08. The highest BCUT2D eigenvalue weighted by atomic mass is 35.5. The Balaban J connectivity index is 0.000001000. The van der Waals surface area contributed by atoms with Crippen LogP contribution in [0.25, 0.3) is 0 Å². The topological polar surface area (TPSA) is 33.6 Å². The lowest BCUT2D eigenvalue weighted by atomic mass is 10.2. The summed E-state index contributed by atoms with van der Waals surface area (Å²) in [6, 6.07) is 0. The van der Waals surface area contributed by atoms with Gasteiger partial charge in [0, 0.05) is 6.54 Å². The van der Waals surface area contributed by atoms with Gasteiger partial charge in [-0.2, -0.15) is 0 Å². The van der Waals surface area contributed by atoms with Gasteiger partial charge in [-0.1, -0.05) is 11.2 Å². The van der Waals surface area contributed by atoms with Crippen LogP contribution in [0.15, 0.2) is 16.8 Å². The molecule has 0 amide bonds. The molecule has 1 rings (SSSR count). The number of hydrogen-bond acceptors (Lipinski definition) is 3.